The third-order valence-corrected chi connectivity index (χ3v) is 2.83. The largest absolute Gasteiger partial charge is 0.497 e. The number of anilines is 1. The number of hydrogen-bond donors (Lipinski definition) is 2. The van der Waals surface area contributed by atoms with Gasteiger partial charge in [-0.15, -0.1) is 0 Å². The number of carbonyl (C=O) groups is 2. The van der Waals surface area contributed by atoms with E-state index in [2.05, 4.69) is 5.32 Å². The quantitative estimate of drug-likeness (QED) is 0.809. The molecule has 0 bridgehead atoms. The number of aliphatic carboxylic acids is 1. The molecule has 1 heterocycles. The predicted molar refractivity (Wildman–Crippen MR) is 61.1 cm³/mol. The summed E-state index contributed by atoms with van der Waals surface area (Å²) in [7, 11) is 1.55. The summed E-state index contributed by atoms with van der Waals surface area (Å²) in [6.45, 7) is 0. The van der Waals surface area contributed by atoms with E-state index in [9.17, 15) is 9.59 Å². The van der Waals surface area contributed by atoms with Crippen molar-refractivity contribution < 1.29 is 19.4 Å². The normalized spacial score (nSPS) is 18.9. The van der Waals surface area contributed by atoms with E-state index >= 15 is 0 Å². The topological polar surface area (TPSA) is 75.6 Å². The highest BCUT2D eigenvalue weighted by Gasteiger charge is 2.26. The minimum atomic E-state index is -0.948. The van der Waals surface area contributed by atoms with Gasteiger partial charge in [0.2, 0.25) is 5.91 Å². The van der Waals surface area contributed by atoms with Crippen molar-refractivity contribution in [2.24, 2.45) is 5.92 Å². The zero-order valence-corrected chi connectivity index (χ0v) is 9.40. The lowest BCUT2D eigenvalue weighted by Gasteiger charge is -2.09. The summed E-state index contributed by atoms with van der Waals surface area (Å²) >= 11 is 0. The monoisotopic (exact) mass is 235 g/mol. The van der Waals surface area contributed by atoms with Crippen LogP contribution in [0.25, 0.3) is 0 Å². The Morgan fingerprint density at radius 3 is 2.88 bits per heavy atom. The van der Waals surface area contributed by atoms with Gasteiger partial charge in [0.05, 0.1) is 13.0 Å². The lowest BCUT2D eigenvalue weighted by atomic mass is 9.97. The van der Waals surface area contributed by atoms with E-state index in [1.165, 1.54) is 0 Å². The Morgan fingerprint density at radius 1 is 1.47 bits per heavy atom. The van der Waals surface area contributed by atoms with Gasteiger partial charge >= 0.3 is 5.97 Å². The zero-order valence-electron chi connectivity index (χ0n) is 9.40. The predicted octanol–water partition coefficient (Wildman–Crippen LogP) is 1.28. The van der Waals surface area contributed by atoms with Crippen LogP contribution in [0.4, 0.5) is 5.69 Å². The van der Waals surface area contributed by atoms with Crippen LogP contribution in [0.3, 0.4) is 0 Å². The molecule has 90 valence electrons. The Bertz CT molecular complexity index is 470. The molecule has 0 saturated heterocycles. The molecule has 0 spiro atoms. The first-order valence-electron chi connectivity index (χ1n) is 5.29. The Morgan fingerprint density at radius 2 is 2.24 bits per heavy atom. The molecule has 1 aromatic rings. The molecule has 2 rings (SSSR count). The van der Waals surface area contributed by atoms with Crippen LogP contribution in [0.5, 0.6) is 5.75 Å². The van der Waals surface area contributed by atoms with Gasteiger partial charge in [0.1, 0.15) is 5.75 Å². The van der Waals surface area contributed by atoms with Crippen molar-refractivity contribution in [3.8, 4) is 5.75 Å². The summed E-state index contributed by atoms with van der Waals surface area (Å²) < 4.78 is 5.08. The van der Waals surface area contributed by atoms with Gasteiger partial charge in [0.25, 0.3) is 0 Å². The Balaban J connectivity index is 2.38. The number of nitrogens with one attached hydrogen (secondary N) is 1. The first-order valence-corrected chi connectivity index (χ1v) is 5.29. The number of ether oxygens (including phenoxy) is 1. The van der Waals surface area contributed by atoms with Crippen LogP contribution < -0.4 is 10.1 Å². The molecule has 1 amide bonds. The molecule has 0 aromatic heterocycles. The molecule has 0 aliphatic carbocycles. The molecule has 0 radical (unpaired) electrons. The number of carboxylic acids is 1. The number of methoxy groups -OCH3 is 1. The number of hydrogen-bond acceptors (Lipinski definition) is 3. The average Bonchev–Trinajstić information content (AvgIpc) is 2.46. The van der Waals surface area contributed by atoms with Gasteiger partial charge in [-0.25, -0.2) is 0 Å². The van der Waals surface area contributed by atoms with E-state index < -0.39 is 11.9 Å². The molecule has 1 aliphatic rings. The average molecular weight is 235 g/mol. The molecule has 17 heavy (non-hydrogen) atoms. The first kappa shape index (κ1) is 11.4. The molecule has 2 N–H and O–H groups in total. The third-order valence-electron chi connectivity index (χ3n) is 2.83. The fourth-order valence-corrected chi connectivity index (χ4v) is 1.93. The van der Waals surface area contributed by atoms with Crippen molar-refractivity contribution in [2.45, 2.75) is 12.8 Å². The number of carboxylic acid groups (broad SMARTS) is 1. The summed E-state index contributed by atoms with van der Waals surface area (Å²) in [6.07, 6.45) is 0.340. The van der Waals surface area contributed by atoms with E-state index in [1.54, 1.807) is 25.3 Å². The molecule has 5 nitrogen and oxygen atoms in total. The van der Waals surface area contributed by atoms with Crippen molar-refractivity contribution in [3.63, 3.8) is 0 Å². The van der Waals surface area contributed by atoms with E-state index in [0.29, 0.717) is 17.9 Å². The fourth-order valence-electron chi connectivity index (χ4n) is 1.93. The van der Waals surface area contributed by atoms with Crippen molar-refractivity contribution in [1.29, 1.82) is 0 Å². The Labute approximate surface area is 98.4 Å². The van der Waals surface area contributed by atoms with Crippen LogP contribution in [0, 0.1) is 5.92 Å². The van der Waals surface area contributed by atoms with Gasteiger partial charge < -0.3 is 15.2 Å². The highest BCUT2D eigenvalue weighted by atomic mass is 16.5. The summed E-state index contributed by atoms with van der Waals surface area (Å²) in [4.78, 5) is 22.5. The fraction of sp³-hybridized carbons (Fsp3) is 0.333. The van der Waals surface area contributed by atoms with Crippen LogP contribution in [0.1, 0.15) is 12.0 Å². The number of carbonyl (C=O) groups excluding carboxylic acids is 1. The first-order chi connectivity index (χ1) is 8.10. The SMILES string of the molecule is COc1ccc2c(c1)CC(C(=O)O)CC(=O)N2. The van der Waals surface area contributed by atoms with Crippen LogP contribution in [0.2, 0.25) is 0 Å². The van der Waals surface area contributed by atoms with Gasteiger partial charge in [0.15, 0.2) is 0 Å². The van der Waals surface area contributed by atoms with E-state index in [1.807, 2.05) is 0 Å². The third kappa shape index (κ3) is 2.38. The lowest BCUT2D eigenvalue weighted by molar-refractivity contribution is -0.143. The second-order valence-electron chi connectivity index (χ2n) is 4.01. The highest BCUT2D eigenvalue weighted by Crippen LogP contribution is 2.28. The number of rotatable bonds is 2. The maximum Gasteiger partial charge on any atom is 0.307 e. The van der Waals surface area contributed by atoms with Gasteiger partial charge in [-0.05, 0) is 30.2 Å². The van der Waals surface area contributed by atoms with E-state index in [0.717, 1.165) is 5.56 Å². The van der Waals surface area contributed by atoms with Crippen LogP contribution in [-0.4, -0.2) is 24.1 Å². The molecule has 5 heteroatoms. The second kappa shape index (κ2) is 4.45. The van der Waals surface area contributed by atoms with Gasteiger partial charge in [-0.2, -0.15) is 0 Å². The Hall–Kier alpha value is -2.04. The summed E-state index contributed by atoms with van der Waals surface area (Å²) in [5.74, 6) is -1.23. The van der Waals surface area contributed by atoms with Crippen molar-refractivity contribution in [3.05, 3.63) is 23.8 Å². The van der Waals surface area contributed by atoms with Crippen molar-refractivity contribution >= 4 is 17.6 Å². The highest BCUT2D eigenvalue weighted by molar-refractivity contribution is 5.95. The molecule has 1 aromatic carbocycles. The number of amides is 1. The Kier molecular flexibility index (Phi) is 2.99. The molecule has 0 saturated carbocycles. The van der Waals surface area contributed by atoms with Crippen LogP contribution >= 0.6 is 0 Å². The molecule has 1 aliphatic heterocycles. The van der Waals surface area contributed by atoms with Crippen LogP contribution in [0.15, 0.2) is 18.2 Å². The molecule has 1 unspecified atom stereocenters. The minimum absolute atomic E-state index is 0.00628. The summed E-state index contributed by atoms with van der Waals surface area (Å²) in [5.41, 5.74) is 1.46. The number of benzene rings is 1. The summed E-state index contributed by atoms with van der Waals surface area (Å²) in [5, 5.41) is 11.7. The maximum absolute atomic E-state index is 11.5. The standard InChI is InChI=1S/C12H13NO4/c1-17-9-2-3-10-7(5-9)4-8(12(15)16)6-11(14)13-10/h2-3,5,8H,4,6H2,1H3,(H,13,14)(H,15,16). The lowest BCUT2D eigenvalue weighted by Crippen LogP contribution is -2.20. The van der Waals surface area contributed by atoms with E-state index in [-0.39, 0.29) is 12.3 Å². The van der Waals surface area contributed by atoms with Crippen molar-refractivity contribution in [2.75, 3.05) is 12.4 Å². The van der Waals surface area contributed by atoms with Gasteiger partial charge in [-0.3, -0.25) is 9.59 Å². The van der Waals surface area contributed by atoms with Crippen molar-refractivity contribution in [1.82, 2.24) is 0 Å². The summed E-state index contributed by atoms with van der Waals surface area (Å²) in [6, 6.07) is 5.23. The minimum Gasteiger partial charge on any atom is -0.497 e. The van der Waals surface area contributed by atoms with Crippen LogP contribution in [-0.2, 0) is 16.0 Å². The van der Waals surface area contributed by atoms with Gasteiger partial charge in [-0.1, -0.05) is 0 Å². The van der Waals surface area contributed by atoms with Gasteiger partial charge in [0, 0.05) is 12.1 Å². The smallest absolute Gasteiger partial charge is 0.307 e. The molecular formula is C12H13NO4. The second-order valence-corrected chi connectivity index (χ2v) is 4.01. The molecule has 1 atom stereocenters. The number of fused-ring (bicyclic) bond motifs is 1. The maximum atomic E-state index is 11.5. The zero-order chi connectivity index (χ0) is 12.4. The van der Waals surface area contributed by atoms with E-state index in [4.69, 9.17) is 9.84 Å². The molecular weight excluding hydrogens is 222 g/mol. The molecule has 0 fully saturated rings.